The molecule has 0 aliphatic carbocycles. The maximum atomic E-state index is 12.3. The number of ether oxygens (including phenoxy) is 1. The van der Waals surface area contributed by atoms with Crippen LogP contribution in [0.4, 0.5) is 0 Å². The van der Waals surface area contributed by atoms with Crippen LogP contribution < -0.4 is 10.1 Å². The van der Waals surface area contributed by atoms with E-state index in [-0.39, 0.29) is 5.91 Å². The molecule has 0 aliphatic rings. The number of aromatic nitrogens is 4. The summed E-state index contributed by atoms with van der Waals surface area (Å²) in [5.74, 6) is 0.637. The van der Waals surface area contributed by atoms with Crippen LogP contribution in [0.2, 0.25) is 0 Å². The summed E-state index contributed by atoms with van der Waals surface area (Å²) in [6.07, 6.45) is 5.11. The van der Waals surface area contributed by atoms with Crippen molar-refractivity contribution in [3.05, 3.63) is 72.3 Å². The van der Waals surface area contributed by atoms with Gasteiger partial charge in [0, 0.05) is 18.9 Å². The molecule has 0 radical (unpaired) electrons. The molecule has 0 spiro atoms. The summed E-state index contributed by atoms with van der Waals surface area (Å²) in [5.41, 5.74) is 1.66. The third kappa shape index (κ3) is 4.63. The van der Waals surface area contributed by atoms with E-state index in [0.29, 0.717) is 18.8 Å². The first-order chi connectivity index (χ1) is 12.2. The number of pyridine rings is 1. The van der Waals surface area contributed by atoms with Gasteiger partial charge in [-0.3, -0.25) is 9.78 Å². The van der Waals surface area contributed by atoms with Crippen LogP contribution in [0.25, 0.3) is 0 Å². The van der Waals surface area contributed by atoms with E-state index in [1.807, 2.05) is 42.5 Å². The molecule has 7 nitrogen and oxygen atoms in total. The number of carbonyl (C=O) groups excluding carboxylic acids is 1. The van der Waals surface area contributed by atoms with Gasteiger partial charge in [-0.25, -0.2) is 4.68 Å². The topological polar surface area (TPSA) is 81.9 Å². The van der Waals surface area contributed by atoms with Gasteiger partial charge in [-0.2, -0.15) is 0 Å². The second-order valence-corrected chi connectivity index (χ2v) is 5.54. The number of hydrogen-bond acceptors (Lipinski definition) is 5. The van der Waals surface area contributed by atoms with Crippen molar-refractivity contribution in [2.24, 2.45) is 0 Å². The highest BCUT2D eigenvalue weighted by Crippen LogP contribution is 2.11. The monoisotopic (exact) mass is 337 g/mol. The number of benzene rings is 1. The Kier molecular flexibility index (Phi) is 5.36. The second-order valence-electron chi connectivity index (χ2n) is 5.54. The largest absolute Gasteiger partial charge is 0.487 e. The van der Waals surface area contributed by atoms with Crippen molar-refractivity contribution in [2.75, 3.05) is 0 Å². The highest BCUT2D eigenvalue weighted by atomic mass is 16.5. The SMILES string of the molecule is C[C@@H](C(=O)NCc1ccncc1)n1cc(COc2ccccc2)nn1. The molecule has 3 rings (SSSR count). The number of rotatable bonds is 7. The molecule has 0 saturated heterocycles. The normalized spacial score (nSPS) is 11.7. The maximum Gasteiger partial charge on any atom is 0.244 e. The zero-order valence-electron chi connectivity index (χ0n) is 13.9. The van der Waals surface area contributed by atoms with E-state index in [0.717, 1.165) is 11.3 Å². The van der Waals surface area contributed by atoms with Crippen LogP contribution in [-0.2, 0) is 17.9 Å². The molecule has 1 amide bonds. The van der Waals surface area contributed by atoms with Gasteiger partial charge in [0.15, 0.2) is 0 Å². The molecule has 128 valence electrons. The Morgan fingerprint density at radius 3 is 2.72 bits per heavy atom. The molecular weight excluding hydrogens is 318 g/mol. The molecular formula is C18H19N5O2. The Bertz CT molecular complexity index is 805. The van der Waals surface area contributed by atoms with Gasteiger partial charge in [-0.15, -0.1) is 5.10 Å². The van der Waals surface area contributed by atoms with E-state index < -0.39 is 6.04 Å². The minimum absolute atomic E-state index is 0.128. The Hall–Kier alpha value is -3.22. The number of nitrogens with zero attached hydrogens (tertiary/aromatic N) is 4. The molecule has 0 unspecified atom stereocenters. The van der Waals surface area contributed by atoms with Crippen LogP contribution in [0.15, 0.2) is 61.1 Å². The van der Waals surface area contributed by atoms with Gasteiger partial charge < -0.3 is 10.1 Å². The molecule has 2 aromatic heterocycles. The van der Waals surface area contributed by atoms with Gasteiger partial charge in [0.1, 0.15) is 24.1 Å². The lowest BCUT2D eigenvalue weighted by Crippen LogP contribution is -2.30. The first kappa shape index (κ1) is 16.6. The third-order valence-electron chi connectivity index (χ3n) is 3.68. The lowest BCUT2D eigenvalue weighted by molar-refractivity contribution is -0.124. The Morgan fingerprint density at radius 2 is 1.96 bits per heavy atom. The van der Waals surface area contributed by atoms with E-state index >= 15 is 0 Å². The lowest BCUT2D eigenvalue weighted by Gasteiger charge is -2.11. The van der Waals surface area contributed by atoms with E-state index in [4.69, 9.17) is 4.74 Å². The predicted octanol–water partition coefficient (Wildman–Crippen LogP) is 2.13. The molecule has 7 heteroatoms. The van der Waals surface area contributed by atoms with Crippen molar-refractivity contribution in [3.63, 3.8) is 0 Å². The van der Waals surface area contributed by atoms with Crippen molar-refractivity contribution in [2.45, 2.75) is 26.1 Å². The van der Waals surface area contributed by atoms with Gasteiger partial charge in [-0.05, 0) is 36.8 Å². The molecule has 0 saturated carbocycles. The highest BCUT2D eigenvalue weighted by molar-refractivity contribution is 5.79. The van der Waals surface area contributed by atoms with Crippen molar-refractivity contribution >= 4 is 5.91 Å². The minimum Gasteiger partial charge on any atom is -0.487 e. The Balaban J connectivity index is 1.52. The number of hydrogen-bond donors (Lipinski definition) is 1. The summed E-state index contributed by atoms with van der Waals surface area (Å²) in [6.45, 7) is 2.53. The van der Waals surface area contributed by atoms with Crippen LogP contribution in [0, 0.1) is 0 Å². The molecule has 1 N–H and O–H groups in total. The van der Waals surface area contributed by atoms with E-state index in [1.54, 1.807) is 25.5 Å². The average Bonchev–Trinajstić information content (AvgIpc) is 3.14. The van der Waals surface area contributed by atoms with Gasteiger partial charge in [0.05, 0.1) is 6.20 Å². The number of para-hydroxylation sites is 1. The smallest absolute Gasteiger partial charge is 0.244 e. The quantitative estimate of drug-likeness (QED) is 0.714. The molecule has 2 heterocycles. The van der Waals surface area contributed by atoms with Crippen molar-refractivity contribution in [1.82, 2.24) is 25.3 Å². The zero-order chi connectivity index (χ0) is 17.5. The van der Waals surface area contributed by atoms with Crippen LogP contribution in [0.1, 0.15) is 24.2 Å². The van der Waals surface area contributed by atoms with E-state index in [1.165, 1.54) is 4.68 Å². The van der Waals surface area contributed by atoms with E-state index in [2.05, 4.69) is 20.6 Å². The van der Waals surface area contributed by atoms with Gasteiger partial charge >= 0.3 is 0 Å². The fourth-order valence-corrected chi connectivity index (χ4v) is 2.20. The minimum atomic E-state index is -0.459. The Labute approximate surface area is 145 Å². The molecule has 0 bridgehead atoms. The van der Waals surface area contributed by atoms with Crippen LogP contribution >= 0.6 is 0 Å². The zero-order valence-corrected chi connectivity index (χ0v) is 13.9. The lowest BCUT2D eigenvalue weighted by atomic mass is 10.2. The van der Waals surface area contributed by atoms with Crippen LogP contribution in [-0.4, -0.2) is 25.9 Å². The maximum absolute atomic E-state index is 12.3. The molecule has 0 aliphatic heterocycles. The van der Waals surface area contributed by atoms with E-state index in [9.17, 15) is 4.79 Å². The molecule has 0 fully saturated rings. The Morgan fingerprint density at radius 1 is 1.20 bits per heavy atom. The average molecular weight is 337 g/mol. The number of carbonyl (C=O) groups is 1. The summed E-state index contributed by atoms with van der Waals surface area (Å²) < 4.78 is 7.16. The summed E-state index contributed by atoms with van der Waals surface area (Å²) in [6, 6.07) is 12.7. The fraction of sp³-hybridized carbons (Fsp3) is 0.222. The van der Waals surface area contributed by atoms with Crippen molar-refractivity contribution in [3.8, 4) is 5.75 Å². The van der Waals surface area contributed by atoms with Gasteiger partial charge in [-0.1, -0.05) is 23.4 Å². The number of nitrogens with one attached hydrogen (secondary N) is 1. The van der Waals surface area contributed by atoms with Crippen molar-refractivity contribution < 1.29 is 9.53 Å². The predicted molar refractivity (Wildman–Crippen MR) is 91.6 cm³/mol. The molecule has 1 atom stereocenters. The summed E-state index contributed by atoms with van der Waals surface area (Å²) in [5, 5.41) is 11.0. The third-order valence-corrected chi connectivity index (χ3v) is 3.68. The van der Waals surface area contributed by atoms with Crippen molar-refractivity contribution in [1.29, 1.82) is 0 Å². The first-order valence-corrected chi connectivity index (χ1v) is 7.97. The molecule has 3 aromatic rings. The van der Waals surface area contributed by atoms with Crippen LogP contribution in [0.3, 0.4) is 0 Å². The summed E-state index contributed by atoms with van der Waals surface area (Å²) in [4.78, 5) is 16.2. The van der Waals surface area contributed by atoms with Gasteiger partial charge in [0.2, 0.25) is 5.91 Å². The van der Waals surface area contributed by atoms with Gasteiger partial charge in [0.25, 0.3) is 0 Å². The first-order valence-electron chi connectivity index (χ1n) is 7.97. The fourth-order valence-electron chi connectivity index (χ4n) is 2.20. The summed E-state index contributed by atoms with van der Waals surface area (Å²) >= 11 is 0. The second kappa shape index (κ2) is 8.05. The van der Waals surface area contributed by atoms with Crippen LogP contribution in [0.5, 0.6) is 5.75 Å². The standard InChI is InChI=1S/C18H19N5O2/c1-14(18(24)20-11-15-7-9-19-10-8-15)23-12-16(21-22-23)13-25-17-5-3-2-4-6-17/h2-10,12,14H,11,13H2,1H3,(H,20,24)/t14-/m0/s1. The number of amides is 1. The molecule has 25 heavy (non-hydrogen) atoms. The summed E-state index contributed by atoms with van der Waals surface area (Å²) in [7, 11) is 0. The molecule has 1 aromatic carbocycles. The highest BCUT2D eigenvalue weighted by Gasteiger charge is 2.16.